The van der Waals surface area contributed by atoms with Crippen molar-refractivity contribution in [2.24, 2.45) is 5.92 Å². The van der Waals surface area contributed by atoms with Gasteiger partial charge in [-0.2, -0.15) is 0 Å². The standard InChI is InChI=1S/C29H36BN3O10/c1-17(2)14-22(30-42-28(39)29(43-30,15-23(35)40-4)16-24(36)41-5)32-27(38)25(18(3)34)33-26(37)21-13-9-12-20(31-21)19-10-7-6-8-11-19/h6-13,17-18,22,25,34H,14-16H2,1-5H3,(H,32,38)(H,33,37)/t18-,22+,25+/m1/s1. The molecule has 1 aromatic heterocycles. The van der Waals surface area contributed by atoms with Crippen molar-refractivity contribution >= 4 is 36.8 Å². The van der Waals surface area contributed by atoms with E-state index in [0.29, 0.717) is 5.69 Å². The number of amides is 2. The monoisotopic (exact) mass is 597 g/mol. The molecule has 1 fully saturated rings. The number of aliphatic hydroxyl groups excluding tert-OH is 1. The second-order valence-corrected chi connectivity index (χ2v) is 10.6. The lowest BCUT2D eigenvalue weighted by Gasteiger charge is -2.27. The maximum Gasteiger partial charge on any atom is 0.552 e. The molecule has 43 heavy (non-hydrogen) atoms. The predicted molar refractivity (Wildman–Crippen MR) is 153 cm³/mol. The molecule has 14 heteroatoms. The van der Waals surface area contributed by atoms with E-state index in [2.05, 4.69) is 25.1 Å². The highest BCUT2D eigenvalue weighted by Crippen LogP contribution is 2.33. The smallest absolute Gasteiger partial charge is 0.506 e. The lowest BCUT2D eigenvalue weighted by Crippen LogP contribution is -2.58. The van der Waals surface area contributed by atoms with E-state index in [-0.39, 0.29) is 18.0 Å². The molecule has 0 spiro atoms. The van der Waals surface area contributed by atoms with Crippen LogP contribution in [0.5, 0.6) is 0 Å². The molecule has 3 atom stereocenters. The number of nitrogens with zero attached hydrogens (tertiary/aromatic N) is 1. The maximum absolute atomic E-state index is 13.4. The number of benzene rings is 1. The number of methoxy groups -OCH3 is 2. The summed E-state index contributed by atoms with van der Waals surface area (Å²) in [7, 11) is 0.833. The van der Waals surface area contributed by atoms with Crippen LogP contribution in [0.25, 0.3) is 11.3 Å². The molecule has 3 N–H and O–H groups in total. The summed E-state index contributed by atoms with van der Waals surface area (Å²) in [5.74, 6) is -5.16. The van der Waals surface area contributed by atoms with Crippen LogP contribution < -0.4 is 10.6 Å². The predicted octanol–water partition coefficient (Wildman–Crippen LogP) is 1.22. The average molecular weight is 597 g/mol. The topological polar surface area (TPSA) is 179 Å². The number of ether oxygens (including phenoxy) is 2. The van der Waals surface area contributed by atoms with Crippen molar-refractivity contribution in [2.45, 2.75) is 63.7 Å². The van der Waals surface area contributed by atoms with E-state index in [0.717, 1.165) is 19.8 Å². The van der Waals surface area contributed by atoms with E-state index in [1.165, 1.54) is 13.0 Å². The largest absolute Gasteiger partial charge is 0.552 e. The zero-order valence-corrected chi connectivity index (χ0v) is 24.7. The number of esters is 2. The van der Waals surface area contributed by atoms with E-state index in [1.54, 1.807) is 12.1 Å². The Morgan fingerprint density at radius 3 is 2.14 bits per heavy atom. The number of aromatic nitrogens is 1. The van der Waals surface area contributed by atoms with Crippen molar-refractivity contribution in [3.8, 4) is 11.3 Å². The molecule has 0 bridgehead atoms. The minimum absolute atomic E-state index is 0.0296. The van der Waals surface area contributed by atoms with Crippen LogP contribution in [0.3, 0.4) is 0 Å². The van der Waals surface area contributed by atoms with Crippen molar-refractivity contribution in [3.05, 3.63) is 54.2 Å². The highest BCUT2D eigenvalue weighted by molar-refractivity contribution is 6.51. The molecular formula is C29H36BN3O10. The van der Waals surface area contributed by atoms with Gasteiger partial charge in [0.05, 0.1) is 44.8 Å². The molecule has 0 unspecified atom stereocenters. The third-order valence-corrected chi connectivity index (χ3v) is 6.74. The van der Waals surface area contributed by atoms with Gasteiger partial charge in [0.1, 0.15) is 11.7 Å². The van der Waals surface area contributed by atoms with E-state index >= 15 is 0 Å². The fraction of sp³-hybridized carbons (Fsp3) is 0.448. The fourth-order valence-corrected chi connectivity index (χ4v) is 4.54. The first-order valence-electron chi connectivity index (χ1n) is 13.7. The van der Waals surface area contributed by atoms with Crippen LogP contribution in [0.2, 0.25) is 0 Å². The van der Waals surface area contributed by atoms with Crippen LogP contribution in [0.15, 0.2) is 48.5 Å². The number of pyridine rings is 1. The van der Waals surface area contributed by atoms with Crippen LogP contribution >= 0.6 is 0 Å². The second kappa shape index (κ2) is 14.7. The van der Waals surface area contributed by atoms with E-state index in [1.807, 2.05) is 44.2 Å². The molecule has 3 rings (SSSR count). The van der Waals surface area contributed by atoms with Crippen LogP contribution in [0.4, 0.5) is 0 Å². The van der Waals surface area contributed by atoms with Gasteiger partial charge < -0.3 is 34.5 Å². The molecule has 2 amide bonds. The highest BCUT2D eigenvalue weighted by Gasteiger charge is 2.58. The molecule has 1 aliphatic rings. The SMILES string of the molecule is COC(=O)CC1(CC(=O)OC)OB([C@H](CC(C)C)NC(=O)[C@@H](NC(=O)c2cccc(-c3ccccc3)n2)[C@@H](C)O)OC1=O. The van der Waals surface area contributed by atoms with Crippen molar-refractivity contribution in [1.82, 2.24) is 15.6 Å². The van der Waals surface area contributed by atoms with Gasteiger partial charge in [0.25, 0.3) is 5.91 Å². The first-order chi connectivity index (χ1) is 20.4. The molecule has 230 valence electrons. The van der Waals surface area contributed by atoms with E-state index < -0.39 is 73.4 Å². The summed E-state index contributed by atoms with van der Waals surface area (Å²) < 4.78 is 20.6. The lowest BCUT2D eigenvalue weighted by atomic mass is 9.73. The van der Waals surface area contributed by atoms with Crippen molar-refractivity contribution in [1.29, 1.82) is 0 Å². The Labute approximate surface area is 249 Å². The zero-order chi connectivity index (χ0) is 31.7. The molecule has 0 aliphatic carbocycles. The molecule has 2 aromatic rings. The third-order valence-electron chi connectivity index (χ3n) is 6.74. The van der Waals surface area contributed by atoms with Gasteiger partial charge in [0.2, 0.25) is 5.91 Å². The van der Waals surface area contributed by atoms with Crippen LogP contribution in [-0.4, -0.2) is 84.8 Å². The Kier molecular flexibility index (Phi) is 11.4. The molecule has 13 nitrogen and oxygen atoms in total. The summed E-state index contributed by atoms with van der Waals surface area (Å²) in [4.78, 5) is 68.1. The Morgan fingerprint density at radius 1 is 0.953 bits per heavy atom. The molecule has 1 aromatic carbocycles. The normalized spacial score (nSPS) is 16.1. The Bertz CT molecular complexity index is 1300. The molecule has 0 radical (unpaired) electrons. The summed E-state index contributed by atoms with van der Waals surface area (Å²) in [6.45, 7) is 5.04. The summed E-state index contributed by atoms with van der Waals surface area (Å²) in [5.41, 5.74) is -0.661. The van der Waals surface area contributed by atoms with Crippen LogP contribution in [-0.2, 0) is 38.0 Å². The molecule has 1 saturated heterocycles. The van der Waals surface area contributed by atoms with E-state index in [9.17, 15) is 29.1 Å². The van der Waals surface area contributed by atoms with Crippen molar-refractivity contribution < 1.29 is 47.9 Å². The Hall–Kier alpha value is -4.30. The number of carbonyl (C=O) groups excluding carboxylic acids is 5. The first-order valence-corrected chi connectivity index (χ1v) is 13.7. The third kappa shape index (κ3) is 8.61. The molecule has 1 aliphatic heterocycles. The highest BCUT2D eigenvalue weighted by atomic mass is 16.7. The van der Waals surface area contributed by atoms with Gasteiger partial charge >= 0.3 is 25.0 Å². The minimum Gasteiger partial charge on any atom is -0.506 e. The summed E-state index contributed by atoms with van der Waals surface area (Å²) >= 11 is 0. The number of nitrogens with one attached hydrogen (secondary N) is 2. The number of carbonyl (C=O) groups is 5. The molecule has 2 heterocycles. The van der Waals surface area contributed by atoms with Gasteiger partial charge in [0, 0.05) is 5.56 Å². The van der Waals surface area contributed by atoms with Crippen LogP contribution in [0.1, 0.15) is 50.5 Å². The number of aliphatic hydroxyl groups is 1. The van der Waals surface area contributed by atoms with Gasteiger partial charge in [-0.1, -0.05) is 50.2 Å². The van der Waals surface area contributed by atoms with Gasteiger partial charge in [0.15, 0.2) is 5.60 Å². The average Bonchev–Trinajstić information content (AvgIpc) is 3.29. The van der Waals surface area contributed by atoms with Gasteiger partial charge in [-0.15, -0.1) is 0 Å². The van der Waals surface area contributed by atoms with Crippen molar-refractivity contribution in [2.75, 3.05) is 14.2 Å². The second-order valence-electron chi connectivity index (χ2n) is 10.6. The summed E-state index contributed by atoms with van der Waals surface area (Å²) in [5, 5.41) is 15.6. The molecule has 0 saturated carbocycles. The number of hydrogen-bond donors (Lipinski definition) is 3. The minimum atomic E-state index is -2.03. The summed E-state index contributed by atoms with van der Waals surface area (Å²) in [6.07, 6.45) is -2.35. The number of rotatable bonds is 13. The first kappa shape index (κ1) is 33.2. The Morgan fingerprint density at radius 2 is 1.58 bits per heavy atom. The van der Waals surface area contributed by atoms with Gasteiger partial charge in [-0.3, -0.25) is 24.0 Å². The maximum atomic E-state index is 13.4. The van der Waals surface area contributed by atoms with Gasteiger partial charge in [-0.25, -0.2) is 4.98 Å². The lowest BCUT2D eigenvalue weighted by molar-refractivity contribution is -0.160. The summed E-state index contributed by atoms with van der Waals surface area (Å²) in [6, 6.07) is 12.7. The van der Waals surface area contributed by atoms with E-state index in [4.69, 9.17) is 9.31 Å². The Balaban J connectivity index is 1.80. The quantitative estimate of drug-likeness (QED) is 0.223. The van der Waals surface area contributed by atoms with Gasteiger partial charge in [-0.05, 0) is 31.4 Å². The van der Waals surface area contributed by atoms with Crippen molar-refractivity contribution in [3.63, 3.8) is 0 Å². The zero-order valence-electron chi connectivity index (χ0n) is 24.7. The molecular weight excluding hydrogens is 561 g/mol. The number of hydrogen-bond acceptors (Lipinski definition) is 11. The van der Waals surface area contributed by atoms with Crippen LogP contribution in [0, 0.1) is 5.92 Å². The fourth-order valence-electron chi connectivity index (χ4n) is 4.54.